The quantitative estimate of drug-likeness (QED) is 0.877. The van der Waals surface area contributed by atoms with Crippen LogP contribution >= 0.6 is 0 Å². The number of rotatable bonds is 3. The highest BCUT2D eigenvalue weighted by molar-refractivity contribution is 5.64. The first kappa shape index (κ1) is 11.7. The minimum Gasteiger partial charge on any atom is -0.496 e. The van der Waals surface area contributed by atoms with E-state index >= 15 is 0 Å². The zero-order valence-corrected chi connectivity index (χ0v) is 10.4. The largest absolute Gasteiger partial charge is 0.496 e. The standard InChI is InChI=1S/C13H17N3O/c1-9-6-10(4-5-12(9)17-3)13-11(7-14)16(2)8-15-13/h4-6,8H,7,14H2,1-3H3. The van der Waals surface area contributed by atoms with E-state index in [2.05, 4.69) is 11.1 Å². The smallest absolute Gasteiger partial charge is 0.121 e. The summed E-state index contributed by atoms with van der Waals surface area (Å²) in [5.74, 6) is 0.888. The molecule has 0 fully saturated rings. The number of ether oxygens (including phenoxy) is 1. The Hall–Kier alpha value is -1.81. The van der Waals surface area contributed by atoms with Crippen LogP contribution in [-0.4, -0.2) is 16.7 Å². The van der Waals surface area contributed by atoms with E-state index in [1.807, 2.05) is 30.7 Å². The highest BCUT2D eigenvalue weighted by Crippen LogP contribution is 2.27. The summed E-state index contributed by atoms with van der Waals surface area (Å²) in [6, 6.07) is 6.04. The van der Waals surface area contributed by atoms with Crippen LogP contribution < -0.4 is 10.5 Å². The van der Waals surface area contributed by atoms with Gasteiger partial charge in [-0.05, 0) is 30.7 Å². The van der Waals surface area contributed by atoms with Crippen molar-refractivity contribution in [2.45, 2.75) is 13.5 Å². The molecule has 0 saturated heterocycles. The number of methoxy groups -OCH3 is 1. The Morgan fingerprint density at radius 2 is 2.18 bits per heavy atom. The highest BCUT2D eigenvalue weighted by atomic mass is 16.5. The summed E-state index contributed by atoms with van der Waals surface area (Å²) in [6.07, 6.45) is 1.79. The van der Waals surface area contributed by atoms with Gasteiger partial charge >= 0.3 is 0 Å². The van der Waals surface area contributed by atoms with Crippen molar-refractivity contribution in [2.24, 2.45) is 12.8 Å². The van der Waals surface area contributed by atoms with Crippen molar-refractivity contribution in [2.75, 3.05) is 7.11 Å². The number of nitrogens with two attached hydrogens (primary N) is 1. The van der Waals surface area contributed by atoms with E-state index in [0.717, 1.165) is 28.3 Å². The SMILES string of the molecule is COc1ccc(-c2ncn(C)c2CN)cc1C. The topological polar surface area (TPSA) is 53.1 Å². The first-order chi connectivity index (χ1) is 8.17. The van der Waals surface area contributed by atoms with Gasteiger partial charge in [-0.25, -0.2) is 4.98 Å². The maximum atomic E-state index is 5.74. The Morgan fingerprint density at radius 1 is 1.41 bits per heavy atom. The van der Waals surface area contributed by atoms with Gasteiger partial charge in [0.25, 0.3) is 0 Å². The van der Waals surface area contributed by atoms with E-state index in [-0.39, 0.29) is 0 Å². The second kappa shape index (κ2) is 4.59. The molecule has 1 aromatic heterocycles. The molecule has 2 N–H and O–H groups in total. The fraction of sp³-hybridized carbons (Fsp3) is 0.308. The molecule has 0 atom stereocenters. The van der Waals surface area contributed by atoms with Crippen LogP contribution in [0.3, 0.4) is 0 Å². The van der Waals surface area contributed by atoms with Gasteiger partial charge in [-0.15, -0.1) is 0 Å². The molecule has 2 rings (SSSR count). The van der Waals surface area contributed by atoms with E-state index in [0.29, 0.717) is 6.54 Å². The van der Waals surface area contributed by atoms with Gasteiger partial charge in [0, 0.05) is 19.2 Å². The maximum absolute atomic E-state index is 5.74. The molecule has 0 aliphatic carbocycles. The average molecular weight is 231 g/mol. The molecule has 4 nitrogen and oxygen atoms in total. The number of aryl methyl sites for hydroxylation is 2. The van der Waals surface area contributed by atoms with Gasteiger partial charge in [0.05, 0.1) is 24.8 Å². The van der Waals surface area contributed by atoms with E-state index in [1.165, 1.54) is 0 Å². The zero-order chi connectivity index (χ0) is 12.4. The molecule has 0 bridgehead atoms. The molecular formula is C13H17N3O. The Kier molecular flexibility index (Phi) is 3.15. The predicted octanol–water partition coefficient (Wildman–Crippen LogP) is 1.86. The van der Waals surface area contributed by atoms with Gasteiger partial charge in [-0.3, -0.25) is 0 Å². The average Bonchev–Trinajstić information content (AvgIpc) is 2.70. The molecule has 1 aromatic carbocycles. The highest BCUT2D eigenvalue weighted by Gasteiger charge is 2.10. The first-order valence-electron chi connectivity index (χ1n) is 5.52. The third-order valence-corrected chi connectivity index (χ3v) is 2.92. The molecule has 0 saturated carbocycles. The lowest BCUT2D eigenvalue weighted by atomic mass is 10.1. The monoisotopic (exact) mass is 231 g/mol. The summed E-state index contributed by atoms with van der Waals surface area (Å²) >= 11 is 0. The van der Waals surface area contributed by atoms with Crippen LogP contribution in [0.4, 0.5) is 0 Å². The number of nitrogens with zero attached hydrogens (tertiary/aromatic N) is 2. The number of hydrogen-bond donors (Lipinski definition) is 1. The molecule has 0 aliphatic heterocycles. The van der Waals surface area contributed by atoms with Gasteiger partial charge in [0.2, 0.25) is 0 Å². The third-order valence-electron chi connectivity index (χ3n) is 2.92. The lowest BCUT2D eigenvalue weighted by molar-refractivity contribution is 0.412. The molecule has 0 unspecified atom stereocenters. The minimum absolute atomic E-state index is 0.483. The zero-order valence-electron chi connectivity index (χ0n) is 10.4. The van der Waals surface area contributed by atoms with Crippen LogP contribution in [0.2, 0.25) is 0 Å². The molecule has 4 heteroatoms. The van der Waals surface area contributed by atoms with E-state index in [4.69, 9.17) is 10.5 Å². The molecule has 1 heterocycles. The molecule has 0 aliphatic rings. The summed E-state index contributed by atoms with van der Waals surface area (Å²) in [4.78, 5) is 4.40. The van der Waals surface area contributed by atoms with Crippen LogP contribution in [0.1, 0.15) is 11.3 Å². The summed E-state index contributed by atoms with van der Waals surface area (Å²) in [7, 11) is 3.63. The third kappa shape index (κ3) is 2.03. The van der Waals surface area contributed by atoms with E-state index in [9.17, 15) is 0 Å². The number of hydrogen-bond acceptors (Lipinski definition) is 3. The van der Waals surface area contributed by atoms with Crippen LogP contribution in [-0.2, 0) is 13.6 Å². The normalized spacial score (nSPS) is 10.6. The second-order valence-corrected chi connectivity index (χ2v) is 4.04. The second-order valence-electron chi connectivity index (χ2n) is 4.04. The van der Waals surface area contributed by atoms with Crippen molar-refractivity contribution < 1.29 is 4.74 Å². The molecule has 2 aromatic rings. The Morgan fingerprint density at radius 3 is 2.76 bits per heavy atom. The lowest BCUT2D eigenvalue weighted by Gasteiger charge is -2.07. The van der Waals surface area contributed by atoms with Crippen molar-refractivity contribution in [3.63, 3.8) is 0 Å². The van der Waals surface area contributed by atoms with Crippen molar-refractivity contribution in [3.8, 4) is 17.0 Å². The fourth-order valence-corrected chi connectivity index (χ4v) is 1.96. The van der Waals surface area contributed by atoms with Gasteiger partial charge in [0.15, 0.2) is 0 Å². The molecule has 90 valence electrons. The summed E-state index contributed by atoms with van der Waals surface area (Å²) in [5, 5.41) is 0. The van der Waals surface area contributed by atoms with Crippen LogP contribution in [0.15, 0.2) is 24.5 Å². The Labute approximate surface area is 101 Å². The van der Waals surface area contributed by atoms with Crippen molar-refractivity contribution in [3.05, 3.63) is 35.8 Å². The molecule has 17 heavy (non-hydrogen) atoms. The van der Waals surface area contributed by atoms with E-state index < -0.39 is 0 Å². The first-order valence-corrected chi connectivity index (χ1v) is 5.52. The van der Waals surface area contributed by atoms with Crippen LogP contribution in [0.5, 0.6) is 5.75 Å². The van der Waals surface area contributed by atoms with Gasteiger partial charge in [-0.2, -0.15) is 0 Å². The number of aromatic nitrogens is 2. The van der Waals surface area contributed by atoms with Crippen LogP contribution in [0.25, 0.3) is 11.3 Å². The number of benzene rings is 1. The minimum atomic E-state index is 0.483. The van der Waals surface area contributed by atoms with Crippen LogP contribution in [0, 0.1) is 6.92 Å². The van der Waals surface area contributed by atoms with Crippen molar-refractivity contribution in [1.82, 2.24) is 9.55 Å². The fourth-order valence-electron chi connectivity index (χ4n) is 1.96. The molecule has 0 spiro atoms. The van der Waals surface area contributed by atoms with Gasteiger partial charge in [0.1, 0.15) is 5.75 Å². The van der Waals surface area contributed by atoms with Crippen molar-refractivity contribution in [1.29, 1.82) is 0 Å². The Balaban J connectivity index is 2.49. The molecule has 0 radical (unpaired) electrons. The van der Waals surface area contributed by atoms with E-state index in [1.54, 1.807) is 13.4 Å². The summed E-state index contributed by atoms with van der Waals surface area (Å²) in [6.45, 7) is 2.50. The number of imidazole rings is 1. The van der Waals surface area contributed by atoms with Gasteiger partial charge < -0.3 is 15.0 Å². The summed E-state index contributed by atoms with van der Waals surface area (Å²) in [5.41, 5.74) is 9.89. The van der Waals surface area contributed by atoms with Gasteiger partial charge in [-0.1, -0.05) is 0 Å². The molecular weight excluding hydrogens is 214 g/mol. The predicted molar refractivity (Wildman–Crippen MR) is 67.8 cm³/mol. The Bertz CT molecular complexity index is 531. The molecule has 0 amide bonds. The maximum Gasteiger partial charge on any atom is 0.121 e. The summed E-state index contributed by atoms with van der Waals surface area (Å²) < 4.78 is 7.20. The van der Waals surface area contributed by atoms with Crippen molar-refractivity contribution >= 4 is 0 Å². The lowest BCUT2D eigenvalue weighted by Crippen LogP contribution is -2.04.